The summed E-state index contributed by atoms with van der Waals surface area (Å²) in [5.74, 6) is -1.68. The van der Waals surface area contributed by atoms with Crippen molar-refractivity contribution in [1.29, 1.82) is 0 Å². The number of carbonyl (C=O) groups is 2. The first kappa shape index (κ1) is 13.1. The number of nitrogens with two attached hydrogens (primary N) is 1. The number of hydrogen-bond acceptors (Lipinski definition) is 3. The van der Waals surface area contributed by atoms with Gasteiger partial charge in [0, 0.05) is 12.2 Å². The van der Waals surface area contributed by atoms with E-state index in [0.29, 0.717) is 24.1 Å². The van der Waals surface area contributed by atoms with Gasteiger partial charge in [0.25, 0.3) is 0 Å². The molecule has 5 nitrogen and oxygen atoms in total. The van der Waals surface area contributed by atoms with Crippen LogP contribution in [-0.4, -0.2) is 29.1 Å². The Bertz CT molecular complexity index is 564. The van der Waals surface area contributed by atoms with E-state index in [0.717, 1.165) is 12.8 Å². The number of nitrogens with zero attached hydrogens (tertiary/aromatic N) is 1. The molecule has 0 bridgehead atoms. The molecule has 2 aliphatic rings. The molecule has 1 saturated carbocycles. The van der Waals surface area contributed by atoms with Crippen LogP contribution in [0, 0.1) is 0 Å². The fourth-order valence-corrected chi connectivity index (χ4v) is 3.30. The van der Waals surface area contributed by atoms with Gasteiger partial charge >= 0.3 is 5.97 Å². The number of carboxylic acids is 1. The van der Waals surface area contributed by atoms with Crippen LogP contribution >= 0.6 is 0 Å². The van der Waals surface area contributed by atoms with Crippen LogP contribution in [0.2, 0.25) is 0 Å². The summed E-state index contributed by atoms with van der Waals surface area (Å²) in [6.07, 6.45) is 3.28. The van der Waals surface area contributed by atoms with E-state index in [4.69, 9.17) is 5.73 Å². The normalized spacial score (nSPS) is 23.6. The minimum Gasteiger partial charge on any atom is -0.481 e. The lowest BCUT2D eigenvalue weighted by Crippen LogP contribution is -2.53. The standard InChI is InChI=1S/C15H18N2O3/c16-15(7-3-4-8-15)14(20)17-9-11(13(18)19)10-5-1-2-6-12(10)17/h1-2,5-6,11H,3-4,7-9,16H2,(H,18,19). The molecule has 0 saturated heterocycles. The van der Waals surface area contributed by atoms with Crippen molar-refractivity contribution in [2.24, 2.45) is 5.73 Å². The Hall–Kier alpha value is -1.88. The number of benzene rings is 1. The summed E-state index contributed by atoms with van der Waals surface area (Å²) in [5, 5.41) is 9.32. The third kappa shape index (κ3) is 1.89. The SMILES string of the molecule is NC1(C(=O)N2CC(C(=O)O)c3ccccc32)CCCC1. The number of fused-ring (bicyclic) bond motifs is 1. The Labute approximate surface area is 117 Å². The van der Waals surface area contributed by atoms with Gasteiger partial charge in [0.15, 0.2) is 0 Å². The Kier molecular flexibility index (Phi) is 3.01. The van der Waals surface area contributed by atoms with Crippen molar-refractivity contribution in [1.82, 2.24) is 0 Å². The molecule has 3 rings (SSSR count). The summed E-state index contributed by atoms with van der Waals surface area (Å²) in [7, 11) is 0. The Morgan fingerprint density at radius 3 is 2.55 bits per heavy atom. The molecular formula is C15H18N2O3. The second kappa shape index (κ2) is 4.59. The fraction of sp³-hybridized carbons (Fsp3) is 0.467. The number of aliphatic carboxylic acids is 1. The molecule has 1 fully saturated rings. The molecule has 5 heteroatoms. The number of amides is 1. The summed E-state index contributed by atoms with van der Waals surface area (Å²) in [4.78, 5) is 25.6. The summed E-state index contributed by atoms with van der Waals surface area (Å²) < 4.78 is 0. The Morgan fingerprint density at radius 1 is 1.25 bits per heavy atom. The second-order valence-electron chi connectivity index (χ2n) is 5.73. The van der Waals surface area contributed by atoms with Crippen LogP contribution in [0.5, 0.6) is 0 Å². The van der Waals surface area contributed by atoms with Gasteiger partial charge in [-0.15, -0.1) is 0 Å². The van der Waals surface area contributed by atoms with E-state index >= 15 is 0 Å². The molecule has 3 N–H and O–H groups in total. The van der Waals surface area contributed by atoms with E-state index < -0.39 is 17.4 Å². The second-order valence-corrected chi connectivity index (χ2v) is 5.73. The van der Waals surface area contributed by atoms with Crippen molar-refractivity contribution in [3.05, 3.63) is 29.8 Å². The average Bonchev–Trinajstić information content (AvgIpc) is 3.03. The van der Waals surface area contributed by atoms with Gasteiger partial charge in [-0.3, -0.25) is 9.59 Å². The van der Waals surface area contributed by atoms with Crippen LogP contribution in [0.1, 0.15) is 37.2 Å². The lowest BCUT2D eigenvalue weighted by atomic mass is 9.97. The molecule has 0 spiro atoms. The molecule has 1 amide bonds. The maximum absolute atomic E-state index is 12.7. The van der Waals surface area contributed by atoms with E-state index in [1.54, 1.807) is 23.1 Å². The van der Waals surface area contributed by atoms with Crippen LogP contribution in [0.25, 0.3) is 0 Å². The molecule has 1 atom stereocenters. The van der Waals surface area contributed by atoms with Gasteiger partial charge in [-0.25, -0.2) is 0 Å². The number of para-hydroxylation sites is 1. The molecule has 1 unspecified atom stereocenters. The summed E-state index contributed by atoms with van der Waals surface area (Å²) in [6, 6.07) is 7.20. The third-order valence-corrected chi connectivity index (χ3v) is 4.43. The molecule has 1 aliphatic heterocycles. The van der Waals surface area contributed by atoms with Crippen molar-refractivity contribution in [3.63, 3.8) is 0 Å². The van der Waals surface area contributed by atoms with Gasteiger partial charge in [0.1, 0.15) is 5.92 Å². The van der Waals surface area contributed by atoms with Crippen molar-refractivity contribution >= 4 is 17.6 Å². The van der Waals surface area contributed by atoms with Gasteiger partial charge in [0.2, 0.25) is 5.91 Å². The van der Waals surface area contributed by atoms with Gasteiger partial charge < -0.3 is 15.7 Å². The number of anilines is 1. The molecule has 20 heavy (non-hydrogen) atoms. The highest BCUT2D eigenvalue weighted by molar-refractivity contribution is 6.04. The highest BCUT2D eigenvalue weighted by Gasteiger charge is 2.45. The average molecular weight is 274 g/mol. The van der Waals surface area contributed by atoms with Gasteiger partial charge in [-0.05, 0) is 24.5 Å². The van der Waals surface area contributed by atoms with E-state index in [9.17, 15) is 14.7 Å². The molecular weight excluding hydrogens is 256 g/mol. The smallest absolute Gasteiger partial charge is 0.312 e. The minimum atomic E-state index is -0.898. The van der Waals surface area contributed by atoms with Crippen molar-refractivity contribution in [2.75, 3.05) is 11.4 Å². The molecule has 0 aromatic heterocycles. The molecule has 1 aromatic carbocycles. The van der Waals surface area contributed by atoms with E-state index in [-0.39, 0.29) is 12.5 Å². The predicted molar refractivity (Wildman–Crippen MR) is 74.6 cm³/mol. The first-order chi connectivity index (χ1) is 9.53. The van der Waals surface area contributed by atoms with Crippen LogP contribution in [0.4, 0.5) is 5.69 Å². The van der Waals surface area contributed by atoms with Crippen LogP contribution in [0.15, 0.2) is 24.3 Å². The Balaban J connectivity index is 1.96. The summed E-state index contributed by atoms with van der Waals surface area (Å²) in [6.45, 7) is 0.187. The van der Waals surface area contributed by atoms with Gasteiger partial charge in [-0.2, -0.15) is 0 Å². The maximum atomic E-state index is 12.7. The van der Waals surface area contributed by atoms with Crippen molar-refractivity contribution in [3.8, 4) is 0 Å². The van der Waals surface area contributed by atoms with Crippen LogP contribution < -0.4 is 10.6 Å². The summed E-state index contributed by atoms with van der Waals surface area (Å²) >= 11 is 0. The summed E-state index contributed by atoms with van der Waals surface area (Å²) in [5.41, 5.74) is 6.80. The van der Waals surface area contributed by atoms with Crippen LogP contribution in [-0.2, 0) is 9.59 Å². The molecule has 1 aliphatic carbocycles. The minimum absolute atomic E-state index is 0.133. The maximum Gasteiger partial charge on any atom is 0.312 e. The topological polar surface area (TPSA) is 83.6 Å². The first-order valence-corrected chi connectivity index (χ1v) is 6.95. The zero-order valence-electron chi connectivity index (χ0n) is 11.2. The highest BCUT2D eigenvalue weighted by atomic mass is 16.4. The first-order valence-electron chi connectivity index (χ1n) is 6.95. The largest absolute Gasteiger partial charge is 0.481 e. The zero-order chi connectivity index (χ0) is 14.3. The van der Waals surface area contributed by atoms with Gasteiger partial charge in [-0.1, -0.05) is 31.0 Å². The van der Waals surface area contributed by atoms with E-state index in [2.05, 4.69) is 0 Å². The van der Waals surface area contributed by atoms with Gasteiger partial charge in [0.05, 0.1) is 5.54 Å². The number of carbonyl (C=O) groups excluding carboxylic acids is 1. The number of carboxylic acid groups (broad SMARTS) is 1. The van der Waals surface area contributed by atoms with Crippen LogP contribution in [0.3, 0.4) is 0 Å². The molecule has 106 valence electrons. The lowest BCUT2D eigenvalue weighted by molar-refractivity contribution is -0.138. The zero-order valence-corrected chi connectivity index (χ0v) is 11.2. The van der Waals surface area contributed by atoms with E-state index in [1.807, 2.05) is 6.07 Å². The van der Waals surface area contributed by atoms with Crippen molar-refractivity contribution < 1.29 is 14.7 Å². The fourth-order valence-electron chi connectivity index (χ4n) is 3.30. The highest BCUT2D eigenvalue weighted by Crippen LogP contribution is 2.39. The molecule has 0 radical (unpaired) electrons. The Morgan fingerprint density at radius 2 is 1.90 bits per heavy atom. The lowest BCUT2D eigenvalue weighted by Gasteiger charge is -2.29. The third-order valence-electron chi connectivity index (χ3n) is 4.43. The van der Waals surface area contributed by atoms with Crippen molar-refractivity contribution in [2.45, 2.75) is 37.1 Å². The predicted octanol–water partition coefficient (Wildman–Crippen LogP) is 1.47. The van der Waals surface area contributed by atoms with E-state index in [1.165, 1.54) is 0 Å². The number of rotatable bonds is 2. The number of hydrogen-bond donors (Lipinski definition) is 2. The molecule has 1 aromatic rings. The molecule has 1 heterocycles. The monoisotopic (exact) mass is 274 g/mol. The quantitative estimate of drug-likeness (QED) is 0.855.